The minimum atomic E-state index is -0.249. The molecule has 0 spiro atoms. The Balaban J connectivity index is 3.17. The highest BCUT2D eigenvalue weighted by molar-refractivity contribution is 5.86. The zero-order valence-corrected chi connectivity index (χ0v) is 32.3. The van der Waals surface area contributed by atoms with E-state index in [1.54, 1.807) is 6.92 Å². The smallest absolute Gasteiger partial charge is 0.333 e. The van der Waals surface area contributed by atoms with Crippen LogP contribution in [-0.2, 0) is 9.53 Å². The van der Waals surface area contributed by atoms with Gasteiger partial charge in [0, 0.05) is 5.57 Å². The summed E-state index contributed by atoms with van der Waals surface area (Å²) in [6, 6.07) is 0. The van der Waals surface area contributed by atoms with Crippen molar-refractivity contribution in [2.24, 2.45) is 5.92 Å². The Morgan fingerprint density at radius 1 is 0.435 bits per heavy atom. The Hall–Kier alpha value is -0.790. The summed E-state index contributed by atoms with van der Waals surface area (Å²) in [6.07, 6.45) is 51.4. The molecule has 0 radical (unpaired) electrons. The van der Waals surface area contributed by atoms with Gasteiger partial charge in [-0.2, -0.15) is 0 Å². The van der Waals surface area contributed by atoms with Crippen molar-refractivity contribution in [3.63, 3.8) is 0 Å². The van der Waals surface area contributed by atoms with Gasteiger partial charge in [0.25, 0.3) is 0 Å². The number of esters is 1. The van der Waals surface area contributed by atoms with Crippen LogP contribution in [0.2, 0.25) is 0 Å². The van der Waals surface area contributed by atoms with E-state index >= 15 is 0 Å². The normalized spacial score (nSPS) is 12.1. The van der Waals surface area contributed by atoms with Gasteiger partial charge in [0.05, 0.1) is 6.61 Å². The van der Waals surface area contributed by atoms with Crippen LogP contribution in [0.25, 0.3) is 0 Å². The molecule has 0 fully saturated rings. The van der Waals surface area contributed by atoms with Crippen molar-refractivity contribution in [1.29, 1.82) is 0 Å². The van der Waals surface area contributed by atoms with Crippen molar-refractivity contribution in [2.75, 3.05) is 6.61 Å². The van der Waals surface area contributed by atoms with Crippen molar-refractivity contribution < 1.29 is 9.53 Å². The van der Waals surface area contributed by atoms with E-state index in [0.717, 1.165) is 12.3 Å². The molecule has 46 heavy (non-hydrogen) atoms. The average Bonchev–Trinajstić information content (AvgIpc) is 3.05. The van der Waals surface area contributed by atoms with Gasteiger partial charge in [-0.1, -0.05) is 245 Å². The maximum atomic E-state index is 11.3. The first-order chi connectivity index (χ1) is 22.6. The molecule has 0 aliphatic carbocycles. The molecule has 2 heteroatoms. The Morgan fingerprint density at radius 2 is 0.674 bits per heavy atom. The molecule has 0 aromatic rings. The molecule has 0 bridgehead atoms. The van der Waals surface area contributed by atoms with Crippen molar-refractivity contribution in [3.8, 4) is 0 Å². The summed E-state index contributed by atoms with van der Waals surface area (Å²) in [7, 11) is 0. The van der Waals surface area contributed by atoms with Gasteiger partial charge < -0.3 is 4.74 Å². The van der Waals surface area contributed by atoms with E-state index in [-0.39, 0.29) is 5.97 Å². The molecule has 0 aromatic carbocycles. The first kappa shape index (κ1) is 45.2. The molecule has 0 heterocycles. The molecule has 0 saturated heterocycles. The fourth-order valence-electron chi connectivity index (χ4n) is 6.90. The lowest BCUT2D eigenvalue weighted by Gasteiger charge is -2.11. The fraction of sp³-hybridized carbons (Fsp3) is 0.932. The van der Waals surface area contributed by atoms with Crippen LogP contribution in [0.4, 0.5) is 0 Å². The predicted molar refractivity (Wildman–Crippen MR) is 207 cm³/mol. The maximum Gasteiger partial charge on any atom is 0.333 e. The second-order valence-electron chi connectivity index (χ2n) is 15.3. The first-order valence-corrected chi connectivity index (χ1v) is 21.4. The molecule has 2 nitrogen and oxygen atoms in total. The number of hydrogen-bond acceptors (Lipinski definition) is 2. The molecule has 0 saturated carbocycles. The minimum absolute atomic E-state index is 0.249. The largest absolute Gasteiger partial charge is 0.462 e. The maximum absolute atomic E-state index is 11.3. The highest BCUT2D eigenvalue weighted by atomic mass is 16.5. The van der Waals surface area contributed by atoms with Crippen LogP contribution >= 0.6 is 0 Å². The molecule has 0 aliphatic heterocycles. The lowest BCUT2D eigenvalue weighted by Crippen LogP contribution is -2.05. The summed E-state index contributed by atoms with van der Waals surface area (Å²) in [6.45, 7) is 10.7. The van der Waals surface area contributed by atoms with Gasteiger partial charge in [0.1, 0.15) is 0 Å². The Kier molecular flexibility index (Phi) is 38.0. The van der Waals surface area contributed by atoms with Crippen molar-refractivity contribution in [3.05, 3.63) is 12.2 Å². The van der Waals surface area contributed by atoms with E-state index in [1.165, 1.54) is 225 Å². The average molecular weight is 647 g/mol. The summed E-state index contributed by atoms with van der Waals surface area (Å²) in [4.78, 5) is 11.3. The van der Waals surface area contributed by atoms with Crippen LogP contribution in [0.3, 0.4) is 0 Å². The summed E-state index contributed by atoms with van der Waals surface area (Å²) in [5.74, 6) is 0.684. The Morgan fingerprint density at radius 3 is 0.935 bits per heavy atom. The van der Waals surface area contributed by atoms with Gasteiger partial charge in [0.15, 0.2) is 0 Å². The highest BCUT2D eigenvalue weighted by Gasteiger charge is 2.04. The number of carbonyl (C=O) groups excluding carboxylic acids is 1. The molecule has 0 aliphatic rings. The van der Waals surface area contributed by atoms with Crippen LogP contribution in [0.1, 0.15) is 252 Å². The summed E-state index contributed by atoms with van der Waals surface area (Å²) < 4.78 is 5.14. The van der Waals surface area contributed by atoms with Gasteiger partial charge in [-0.15, -0.1) is 0 Å². The molecule has 274 valence electrons. The zero-order chi connectivity index (χ0) is 33.6. The first-order valence-electron chi connectivity index (χ1n) is 21.4. The molecular formula is C44H86O2. The number of hydrogen-bond donors (Lipinski definition) is 0. The quantitative estimate of drug-likeness (QED) is 0.0377. The summed E-state index contributed by atoms with van der Waals surface area (Å²) in [5, 5.41) is 0. The molecular weight excluding hydrogens is 560 g/mol. The molecule has 0 amide bonds. The van der Waals surface area contributed by atoms with Crippen LogP contribution < -0.4 is 0 Å². The van der Waals surface area contributed by atoms with E-state index in [1.807, 2.05) is 0 Å². The van der Waals surface area contributed by atoms with Gasteiger partial charge in [-0.3, -0.25) is 0 Å². The Labute approximate surface area is 291 Å². The van der Waals surface area contributed by atoms with E-state index in [2.05, 4.69) is 20.4 Å². The van der Waals surface area contributed by atoms with E-state index in [0.29, 0.717) is 12.2 Å². The lowest BCUT2D eigenvalue weighted by molar-refractivity contribution is -0.139. The monoisotopic (exact) mass is 647 g/mol. The molecule has 0 rings (SSSR count). The number of rotatable bonds is 39. The highest BCUT2D eigenvalue weighted by Crippen LogP contribution is 2.20. The second-order valence-corrected chi connectivity index (χ2v) is 15.3. The summed E-state index contributed by atoms with van der Waals surface area (Å²) in [5.41, 5.74) is 0.496. The van der Waals surface area contributed by atoms with E-state index < -0.39 is 0 Å². The third-order valence-corrected chi connectivity index (χ3v) is 10.2. The predicted octanol–water partition coefficient (Wildman–Crippen LogP) is 15.8. The molecule has 1 atom stereocenters. The number of ether oxygens (including phenoxy) is 1. The summed E-state index contributed by atoms with van der Waals surface area (Å²) >= 11 is 0. The zero-order valence-electron chi connectivity index (χ0n) is 32.3. The van der Waals surface area contributed by atoms with Crippen molar-refractivity contribution >= 4 is 5.97 Å². The van der Waals surface area contributed by atoms with Gasteiger partial charge in [-0.25, -0.2) is 4.79 Å². The Bertz CT molecular complexity index is 611. The minimum Gasteiger partial charge on any atom is -0.462 e. The number of carbonyl (C=O) groups is 1. The van der Waals surface area contributed by atoms with Gasteiger partial charge in [0.2, 0.25) is 0 Å². The third-order valence-electron chi connectivity index (χ3n) is 10.2. The number of unbranched alkanes of at least 4 members (excludes halogenated alkanes) is 32. The van der Waals surface area contributed by atoms with E-state index in [9.17, 15) is 4.79 Å². The van der Waals surface area contributed by atoms with Gasteiger partial charge in [-0.05, 0) is 19.3 Å². The van der Waals surface area contributed by atoms with Crippen LogP contribution in [0.15, 0.2) is 12.2 Å². The lowest BCUT2D eigenvalue weighted by atomic mass is 9.95. The SMILES string of the molecule is C=C(C)C(=O)OCCCCCCCCCCCCCCC(C)CCCCCCCCCCCCCCCCCCCCCCCC. The van der Waals surface area contributed by atoms with E-state index in [4.69, 9.17) is 4.74 Å². The fourth-order valence-corrected chi connectivity index (χ4v) is 6.90. The van der Waals surface area contributed by atoms with Crippen LogP contribution in [0, 0.1) is 5.92 Å². The standard InChI is InChI=1S/C44H86O2/c1-5-6-7-8-9-10-11-12-13-14-15-16-17-18-19-20-21-24-27-30-33-36-39-43(4)40-37-34-31-28-25-22-23-26-29-32-35-38-41-46-44(45)42(2)3/h43H,2,5-41H2,1,3-4H3. The topological polar surface area (TPSA) is 26.3 Å². The van der Waals surface area contributed by atoms with Crippen molar-refractivity contribution in [2.45, 2.75) is 252 Å². The molecule has 0 aromatic heterocycles. The molecule has 1 unspecified atom stereocenters. The van der Waals surface area contributed by atoms with Crippen LogP contribution in [0.5, 0.6) is 0 Å². The third kappa shape index (κ3) is 37.7. The van der Waals surface area contributed by atoms with Crippen molar-refractivity contribution in [1.82, 2.24) is 0 Å². The van der Waals surface area contributed by atoms with Gasteiger partial charge >= 0.3 is 5.97 Å². The van der Waals surface area contributed by atoms with Crippen LogP contribution in [-0.4, -0.2) is 12.6 Å². The second kappa shape index (κ2) is 38.7. The molecule has 0 N–H and O–H groups in total.